The Morgan fingerprint density at radius 3 is 2.59 bits per heavy atom. The Bertz CT molecular complexity index is 1550. The van der Waals surface area contributed by atoms with E-state index in [4.69, 9.17) is 4.74 Å². The second-order valence-electron chi connectivity index (χ2n) is 8.57. The number of alkyl halides is 3. The van der Waals surface area contributed by atoms with Crippen LogP contribution in [0.4, 0.5) is 18.9 Å². The first-order valence-electron chi connectivity index (χ1n) is 11.3. The minimum Gasteiger partial charge on any atom is -0.497 e. The highest BCUT2D eigenvalue weighted by Crippen LogP contribution is 2.42. The summed E-state index contributed by atoms with van der Waals surface area (Å²) in [5, 5.41) is 10.5. The highest BCUT2D eigenvalue weighted by molar-refractivity contribution is 6.03. The van der Waals surface area contributed by atoms with E-state index < -0.39 is 23.4 Å². The maximum Gasteiger partial charge on any atom is 0.432 e. The van der Waals surface area contributed by atoms with E-state index in [2.05, 4.69) is 4.98 Å². The molecule has 0 saturated carbocycles. The summed E-state index contributed by atoms with van der Waals surface area (Å²) in [6.07, 6.45) is -0.590. The number of benzene rings is 2. The number of carboxylic acid groups (broad SMARTS) is 1. The van der Waals surface area contributed by atoms with Crippen molar-refractivity contribution < 1.29 is 32.6 Å². The SMILES string of the molecule is COc1ccc(CC(C=C=O)N2Cc3ncc(-n4ccc(C(=O)O)c4C(F)(F)F)c4cccc2c34)cc1. The predicted molar refractivity (Wildman–Crippen MR) is 130 cm³/mol. The summed E-state index contributed by atoms with van der Waals surface area (Å²) in [4.78, 5) is 29.3. The van der Waals surface area contributed by atoms with E-state index in [9.17, 15) is 27.9 Å². The number of pyridine rings is 1. The van der Waals surface area contributed by atoms with Gasteiger partial charge in [-0.1, -0.05) is 24.3 Å². The van der Waals surface area contributed by atoms with Crippen molar-refractivity contribution in [2.24, 2.45) is 0 Å². The van der Waals surface area contributed by atoms with Crippen LogP contribution in [0.15, 0.2) is 67.0 Å². The van der Waals surface area contributed by atoms with Gasteiger partial charge in [-0.05, 0) is 36.2 Å². The Morgan fingerprint density at radius 2 is 1.95 bits per heavy atom. The van der Waals surface area contributed by atoms with Gasteiger partial charge in [-0.2, -0.15) is 13.2 Å². The molecule has 188 valence electrons. The third kappa shape index (κ3) is 4.21. The van der Waals surface area contributed by atoms with Crippen molar-refractivity contribution in [3.63, 3.8) is 0 Å². The van der Waals surface area contributed by atoms with Gasteiger partial charge in [-0.25, -0.2) is 9.59 Å². The summed E-state index contributed by atoms with van der Waals surface area (Å²) < 4.78 is 47.7. The lowest BCUT2D eigenvalue weighted by molar-refractivity contribution is -0.142. The monoisotopic (exact) mass is 507 g/mol. The molecule has 7 nitrogen and oxygen atoms in total. The van der Waals surface area contributed by atoms with Crippen molar-refractivity contribution in [3.8, 4) is 11.4 Å². The Balaban J connectivity index is 1.60. The number of aromatic nitrogens is 2. The molecule has 2 aromatic carbocycles. The first-order chi connectivity index (χ1) is 17.7. The number of carbonyl (C=O) groups is 1. The lowest BCUT2D eigenvalue weighted by Crippen LogP contribution is -2.33. The van der Waals surface area contributed by atoms with Gasteiger partial charge in [0.25, 0.3) is 0 Å². The number of ether oxygens (including phenoxy) is 1. The van der Waals surface area contributed by atoms with E-state index in [1.165, 1.54) is 12.3 Å². The highest BCUT2D eigenvalue weighted by Gasteiger charge is 2.40. The molecule has 3 heterocycles. The summed E-state index contributed by atoms with van der Waals surface area (Å²) in [6.45, 7) is 0.341. The molecule has 0 amide bonds. The maximum absolute atomic E-state index is 13.9. The summed E-state index contributed by atoms with van der Waals surface area (Å²) in [5.41, 5.74) is 0.308. The lowest BCUT2D eigenvalue weighted by Gasteiger charge is -2.27. The highest BCUT2D eigenvalue weighted by atomic mass is 19.4. The number of hydrogen-bond donors (Lipinski definition) is 1. The van der Waals surface area contributed by atoms with Gasteiger partial charge in [0.15, 0.2) is 0 Å². The Labute approximate surface area is 209 Å². The number of methoxy groups -OCH3 is 1. The molecule has 37 heavy (non-hydrogen) atoms. The van der Waals surface area contributed by atoms with Crippen LogP contribution in [0.5, 0.6) is 5.75 Å². The van der Waals surface area contributed by atoms with Crippen LogP contribution in [0.1, 0.15) is 27.3 Å². The average molecular weight is 507 g/mol. The molecule has 0 bridgehead atoms. The zero-order chi connectivity index (χ0) is 26.3. The van der Waals surface area contributed by atoms with Gasteiger partial charge < -0.3 is 19.3 Å². The molecule has 1 aliphatic heterocycles. The number of aromatic carboxylic acids is 1. The van der Waals surface area contributed by atoms with Gasteiger partial charge in [0.05, 0.1) is 42.8 Å². The van der Waals surface area contributed by atoms with E-state index in [-0.39, 0.29) is 11.7 Å². The molecule has 1 N–H and O–H groups in total. The summed E-state index contributed by atoms with van der Waals surface area (Å²) in [5.74, 6) is 0.910. The third-order valence-electron chi connectivity index (χ3n) is 6.49. The van der Waals surface area contributed by atoms with E-state index in [1.807, 2.05) is 41.2 Å². The fraction of sp³-hybridized carbons (Fsp3) is 0.185. The molecule has 0 spiro atoms. The first kappa shape index (κ1) is 24.1. The normalized spacial score (nSPS) is 13.5. The van der Waals surface area contributed by atoms with Crippen LogP contribution in [0, 0.1) is 0 Å². The number of anilines is 1. The maximum atomic E-state index is 13.9. The van der Waals surface area contributed by atoms with Crippen molar-refractivity contribution in [1.82, 2.24) is 9.55 Å². The van der Waals surface area contributed by atoms with Crippen molar-refractivity contribution in [2.75, 3.05) is 12.0 Å². The molecule has 4 aromatic rings. The smallest absolute Gasteiger partial charge is 0.432 e. The van der Waals surface area contributed by atoms with Gasteiger partial charge >= 0.3 is 12.1 Å². The molecule has 0 aliphatic carbocycles. The molecule has 1 aliphatic rings. The fourth-order valence-corrected chi connectivity index (χ4v) is 4.86. The van der Waals surface area contributed by atoms with E-state index in [1.54, 1.807) is 19.2 Å². The predicted octanol–water partition coefficient (Wildman–Crippen LogP) is 5.07. The van der Waals surface area contributed by atoms with E-state index in [0.717, 1.165) is 22.4 Å². The number of carboxylic acids is 1. The van der Waals surface area contributed by atoms with Gasteiger partial charge in [-0.3, -0.25) is 4.98 Å². The third-order valence-corrected chi connectivity index (χ3v) is 6.49. The standard InChI is InChI=1S/C27H20F3N3O4/c1-37-18-7-5-16(6-8-18)13-17(10-12-34)33-15-21-24-19(3-2-4-22(24)33)23(14-31-21)32-11-9-20(26(35)36)25(32)27(28,29)30/h2-11,14,17H,13,15H2,1H3,(H,35,36). The van der Waals surface area contributed by atoms with Crippen LogP contribution >= 0.6 is 0 Å². The largest absolute Gasteiger partial charge is 0.497 e. The Morgan fingerprint density at radius 1 is 1.19 bits per heavy atom. The second-order valence-corrected chi connectivity index (χ2v) is 8.57. The van der Waals surface area contributed by atoms with Crippen LogP contribution < -0.4 is 9.64 Å². The topological polar surface area (TPSA) is 84.7 Å². The quantitative estimate of drug-likeness (QED) is 0.352. The van der Waals surface area contributed by atoms with Crippen molar-refractivity contribution in [2.45, 2.75) is 25.2 Å². The van der Waals surface area contributed by atoms with E-state index >= 15 is 0 Å². The van der Waals surface area contributed by atoms with Crippen LogP contribution in [-0.4, -0.2) is 39.7 Å². The van der Waals surface area contributed by atoms with E-state index in [0.29, 0.717) is 40.9 Å². The minimum absolute atomic E-state index is 0.111. The fourth-order valence-electron chi connectivity index (χ4n) is 4.86. The lowest BCUT2D eigenvalue weighted by atomic mass is 10.0. The number of halogens is 3. The summed E-state index contributed by atoms with van der Waals surface area (Å²) in [6, 6.07) is 13.2. The number of rotatable bonds is 7. The minimum atomic E-state index is -4.90. The van der Waals surface area contributed by atoms with Crippen LogP contribution in [0.2, 0.25) is 0 Å². The van der Waals surface area contributed by atoms with Crippen molar-refractivity contribution in [3.05, 3.63) is 89.5 Å². The van der Waals surface area contributed by atoms with Crippen LogP contribution in [0.25, 0.3) is 16.5 Å². The molecular formula is C27H20F3N3O4. The molecule has 2 aromatic heterocycles. The second kappa shape index (κ2) is 9.15. The van der Waals surface area contributed by atoms with Gasteiger partial charge in [0, 0.05) is 28.7 Å². The molecule has 0 radical (unpaired) electrons. The molecule has 0 fully saturated rings. The molecule has 5 rings (SSSR count). The van der Waals surface area contributed by atoms with Crippen molar-refractivity contribution in [1.29, 1.82) is 0 Å². The zero-order valence-corrected chi connectivity index (χ0v) is 19.5. The Kier molecular flexibility index (Phi) is 5.97. The molecular weight excluding hydrogens is 487 g/mol. The number of nitrogens with zero attached hydrogens (tertiary/aromatic N) is 3. The summed E-state index contributed by atoms with van der Waals surface area (Å²) in [7, 11) is 1.57. The zero-order valence-electron chi connectivity index (χ0n) is 19.5. The number of hydrogen-bond acceptors (Lipinski definition) is 5. The van der Waals surface area contributed by atoms with Crippen molar-refractivity contribution >= 4 is 28.4 Å². The molecule has 10 heteroatoms. The summed E-state index contributed by atoms with van der Waals surface area (Å²) >= 11 is 0. The van der Waals surface area contributed by atoms with Crippen LogP contribution in [-0.2, 0) is 23.9 Å². The van der Waals surface area contributed by atoms with Gasteiger partial charge in [0.2, 0.25) is 0 Å². The molecule has 1 unspecified atom stereocenters. The Hall–Kier alpha value is -4.56. The number of carbonyl (C=O) groups excluding carboxylic acids is 1. The van der Waals surface area contributed by atoms with Gasteiger partial charge in [0.1, 0.15) is 17.4 Å². The first-order valence-corrected chi connectivity index (χ1v) is 11.3. The molecule has 0 saturated heterocycles. The van der Waals surface area contributed by atoms with Gasteiger partial charge in [-0.15, -0.1) is 0 Å². The average Bonchev–Trinajstić information content (AvgIpc) is 3.48. The van der Waals surface area contributed by atoms with Crippen LogP contribution in [0.3, 0.4) is 0 Å². The molecule has 1 atom stereocenters.